The van der Waals surface area contributed by atoms with E-state index >= 15 is 0 Å². The van der Waals surface area contributed by atoms with E-state index in [1.54, 1.807) is 31.4 Å². The van der Waals surface area contributed by atoms with Crippen molar-refractivity contribution >= 4 is 22.8 Å². The van der Waals surface area contributed by atoms with E-state index in [1.165, 1.54) is 22.9 Å². The summed E-state index contributed by atoms with van der Waals surface area (Å²) in [6.07, 6.45) is -2.96. The van der Waals surface area contributed by atoms with Gasteiger partial charge in [-0.15, -0.1) is 0 Å². The molecular formula is C18H17F3N4O3. The van der Waals surface area contributed by atoms with Gasteiger partial charge in [0.2, 0.25) is 0 Å². The SMILES string of the molecule is COC(=O)C(NC(=O)c1cc2ccccc2n1CC(F)(F)F)c1ccn(C)n1. The van der Waals surface area contributed by atoms with Crippen LogP contribution in [0.5, 0.6) is 0 Å². The Kier molecular flexibility index (Phi) is 5.12. The molecule has 3 aromatic rings. The monoisotopic (exact) mass is 394 g/mol. The number of carbonyl (C=O) groups excluding carboxylic acids is 2. The highest BCUT2D eigenvalue weighted by atomic mass is 19.4. The van der Waals surface area contributed by atoms with Crippen molar-refractivity contribution in [3.63, 3.8) is 0 Å². The van der Waals surface area contributed by atoms with E-state index in [2.05, 4.69) is 10.4 Å². The summed E-state index contributed by atoms with van der Waals surface area (Å²) in [7, 11) is 2.77. The number of nitrogens with zero attached hydrogens (tertiary/aromatic N) is 3. The number of esters is 1. The average molecular weight is 394 g/mol. The molecule has 0 aliphatic carbocycles. The molecule has 3 rings (SSSR count). The van der Waals surface area contributed by atoms with Gasteiger partial charge in [-0.3, -0.25) is 9.48 Å². The number of para-hydroxylation sites is 1. The molecule has 0 radical (unpaired) electrons. The van der Waals surface area contributed by atoms with Crippen LogP contribution in [-0.4, -0.2) is 39.5 Å². The van der Waals surface area contributed by atoms with Gasteiger partial charge in [-0.25, -0.2) is 4.79 Å². The second-order valence-electron chi connectivity index (χ2n) is 6.13. The maximum atomic E-state index is 13.1. The van der Waals surface area contributed by atoms with Crippen molar-refractivity contribution < 1.29 is 27.5 Å². The van der Waals surface area contributed by atoms with E-state index in [9.17, 15) is 22.8 Å². The molecule has 1 N–H and O–H groups in total. The molecule has 1 unspecified atom stereocenters. The lowest BCUT2D eigenvalue weighted by atomic mass is 10.2. The third kappa shape index (κ3) is 4.00. The number of hydrogen-bond donors (Lipinski definition) is 1. The summed E-state index contributed by atoms with van der Waals surface area (Å²) in [4.78, 5) is 24.9. The number of ether oxygens (including phenoxy) is 1. The predicted octanol–water partition coefficient (Wildman–Crippen LogP) is 2.58. The maximum absolute atomic E-state index is 13.1. The van der Waals surface area contributed by atoms with E-state index in [0.29, 0.717) is 5.39 Å². The number of hydrogen-bond acceptors (Lipinski definition) is 4. The Morgan fingerprint density at radius 3 is 2.57 bits per heavy atom. The first-order valence-electron chi connectivity index (χ1n) is 8.23. The van der Waals surface area contributed by atoms with Crippen LogP contribution in [0.4, 0.5) is 13.2 Å². The van der Waals surface area contributed by atoms with Gasteiger partial charge in [-0.1, -0.05) is 18.2 Å². The molecule has 1 aromatic carbocycles. The molecule has 28 heavy (non-hydrogen) atoms. The Labute approximate surface area is 157 Å². The van der Waals surface area contributed by atoms with E-state index in [0.717, 1.165) is 11.7 Å². The number of benzene rings is 1. The highest BCUT2D eigenvalue weighted by Crippen LogP contribution is 2.26. The zero-order valence-electron chi connectivity index (χ0n) is 15.0. The van der Waals surface area contributed by atoms with Crippen molar-refractivity contribution in [3.05, 3.63) is 54.0 Å². The first-order chi connectivity index (χ1) is 13.2. The van der Waals surface area contributed by atoms with Crippen LogP contribution >= 0.6 is 0 Å². The van der Waals surface area contributed by atoms with Crippen LogP contribution in [0, 0.1) is 0 Å². The summed E-state index contributed by atoms with van der Waals surface area (Å²) in [5.41, 5.74) is 0.252. The quantitative estimate of drug-likeness (QED) is 0.675. The molecule has 0 fully saturated rings. The largest absolute Gasteiger partial charge is 0.467 e. The summed E-state index contributed by atoms with van der Waals surface area (Å²) in [6, 6.07) is 7.95. The summed E-state index contributed by atoms with van der Waals surface area (Å²) >= 11 is 0. The zero-order chi connectivity index (χ0) is 20.5. The first-order valence-corrected chi connectivity index (χ1v) is 8.23. The number of carbonyl (C=O) groups is 2. The fourth-order valence-electron chi connectivity index (χ4n) is 2.91. The molecule has 1 atom stereocenters. The van der Waals surface area contributed by atoms with Crippen LogP contribution in [0.3, 0.4) is 0 Å². The number of aromatic nitrogens is 3. The van der Waals surface area contributed by atoms with Gasteiger partial charge in [0.1, 0.15) is 12.2 Å². The minimum Gasteiger partial charge on any atom is -0.467 e. The van der Waals surface area contributed by atoms with Crippen LogP contribution < -0.4 is 5.32 Å². The predicted molar refractivity (Wildman–Crippen MR) is 93.4 cm³/mol. The number of aryl methyl sites for hydroxylation is 1. The van der Waals surface area contributed by atoms with Crippen molar-refractivity contribution in [1.29, 1.82) is 0 Å². The third-order valence-corrected chi connectivity index (χ3v) is 4.12. The summed E-state index contributed by atoms with van der Waals surface area (Å²) in [5, 5.41) is 6.97. The number of rotatable bonds is 5. The highest BCUT2D eigenvalue weighted by molar-refractivity contribution is 6.00. The van der Waals surface area contributed by atoms with Crippen LogP contribution in [0.1, 0.15) is 22.2 Å². The molecule has 0 aliphatic heterocycles. The lowest BCUT2D eigenvalue weighted by molar-refractivity contribution is -0.143. The minimum atomic E-state index is -4.53. The molecule has 0 saturated carbocycles. The Morgan fingerprint density at radius 2 is 1.96 bits per heavy atom. The van der Waals surface area contributed by atoms with Crippen molar-refractivity contribution in [3.8, 4) is 0 Å². The van der Waals surface area contributed by atoms with Crippen LogP contribution in [0.25, 0.3) is 10.9 Å². The van der Waals surface area contributed by atoms with Gasteiger partial charge in [0.05, 0.1) is 12.8 Å². The average Bonchev–Trinajstić information content (AvgIpc) is 3.22. The van der Waals surface area contributed by atoms with Gasteiger partial charge < -0.3 is 14.6 Å². The number of methoxy groups -OCH3 is 1. The summed E-state index contributed by atoms with van der Waals surface area (Å²) < 4.78 is 46.2. The molecule has 1 amide bonds. The zero-order valence-corrected chi connectivity index (χ0v) is 15.0. The van der Waals surface area contributed by atoms with Gasteiger partial charge in [0.25, 0.3) is 5.91 Å². The fourth-order valence-corrected chi connectivity index (χ4v) is 2.91. The topological polar surface area (TPSA) is 78.1 Å². The van der Waals surface area contributed by atoms with E-state index in [-0.39, 0.29) is 16.9 Å². The standard InChI is InChI=1S/C18H17F3N4O3/c1-24-8-7-12(23-24)15(17(27)28-2)22-16(26)14-9-11-5-3-4-6-13(11)25(14)10-18(19,20)21/h3-9,15H,10H2,1-2H3,(H,22,26). The Balaban J connectivity index is 2.00. The molecule has 2 aromatic heterocycles. The van der Waals surface area contributed by atoms with Crippen molar-refractivity contribution in [2.75, 3.05) is 7.11 Å². The molecule has 0 aliphatic rings. The number of alkyl halides is 3. The maximum Gasteiger partial charge on any atom is 0.406 e. The summed E-state index contributed by atoms with van der Waals surface area (Å²) in [5.74, 6) is -1.63. The highest BCUT2D eigenvalue weighted by Gasteiger charge is 2.32. The second kappa shape index (κ2) is 7.37. The third-order valence-electron chi connectivity index (χ3n) is 4.12. The summed E-state index contributed by atoms with van der Waals surface area (Å²) in [6.45, 7) is -1.34. The lowest BCUT2D eigenvalue weighted by Gasteiger charge is -2.17. The molecule has 7 nitrogen and oxygen atoms in total. The van der Waals surface area contributed by atoms with Crippen molar-refractivity contribution in [2.24, 2.45) is 7.05 Å². The molecule has 0 bridgehead atoms. The molecule has 0 spiro atoms. The normalized spacial score (nSPS) is 12.8. The van der Waals surface area contributed by atoms with Crippen LogP contribution in [0.2, 0.25) is 0 Å². The lowest BCUT2D eigenvalue weighted by Crippen LogP contribution is -2.36. The Morgan fingerprint density at radius 1 is 1.25 bits per heavy atom. The number of halogens is 3. The second-order valence-corrected chi connectivity index (χ2v) is 6.13. The van der Waals surface area contributed by atoms with E-state index < -0.39 is 30.6 Å². The van der Waals surface area contributed by atoms with Crippen molar-refractivity contribution in [1.82, 2.24) is 19.7 Å². The van der Waals surface area contributed by atoms with E-state index in [1.807, 2.05) is 0 Å². The van der Waals surface area contributed by atoms with Gasteiger partial charge >= 0.3 is 12.1 Å². The molecule has 2 heterocycles. The molecule has 148 valence electrons. The van der Waals surface area contributed by atoms with Crippen LogP contribution in [-0.2, 0) is 23.1 Å². The van der Waals surface area contributed by atoms with Crippen LogP contribution in [0.15, 0.2) is 42.6 Å². The number of amides is 1. The molecule has 10 heteroatoms. The number of fused-ring (bicyclic) bond motifs is 1. The number of nitrogens with one attached hydrogen (secondary N) is 1. The van der Waals surface area contributed by atoms with E-state index in [4.69, 9.17) is 4.74 Å². The van der Waals surface area contributed by atoms with Gasteiger partial charge in [0, 0.05) is 24.1 Å². The first kappa shape index (κ1) is 19.5. The fraction of sp³-hybridized carbons (Fsp3) is 0.278. The van der Waals surface area contributed by atoms with Crippen molar-refractivity contribution in [2.45, 2.75) is 18.8 Å². The van der Waals surface area contributed by atoms with Gasteiger partial charge in [0.15, 0.2) is 6.04 Å². The minimum absolute atomic E-state index is 0.209. The van der Waals surface area contributed by atoms with Gasteiger partial charge in [-0.05, 0) is 18.2 Å². The molecule has 0 saturated heterocycles. The molecular weight excluding hydrogens is 377 g/mol. The smallest absolute Gasteiger partial charge is 0.406 e. The van der Waals surface area contributed by atoms with Gasteiger partial charge in [-0.2, -0.15) is 18.3 Å². The Bertz CT molecular complexity index is 1020. The Hall–Kier alpha value is -3.30.